The number of anilines is 1. The Balaban J connectivity index is 1.85. The highest BCUT2D eigenvalue weighted by Gasteiger charge is 2.19. The number of hydrogen-bond donors (Lipinski definition) is 1. The summed E-state index contributed by atoms with van der Waals surface area (Å²) in [5.41, 5.74) is 1.09. The number of thiazole rings is 1. The molecule has 0 spiro atoms. The largest absolute Gasteiger partial charge is 0.361 e. The number of halogens is 2. The van der Waals surface area contributed by atoms with Crippen LogP contribution in [0.1, 0.15) is 21.8 Å². The fourth-order valence-corrected chi connectivity index (χ4v) is 2.82. The number of benzene rings is 1. The van der Waals surface area contributed by atoms with Crippen molar-refractivity contribution in [3.05, 3.63) is 52.2 Å². The summed E-state index contributed by atoms with van der Waals surface area (Å²) in [5.74, 6) is -1.16. The first-order valence-corrected chi connectivity index (χ1v) is 7.49. The number of carbonyl (C=O) groups is 1. The van der Waals surface area contributed by atoms with Crippen molar-refractivity contribution in [2.45, 2.75) is 13.8 Å². The molecule has 0 radical (unpaired) electrons. The first kappa shape index (κ1) is 15.3. The van der Waals surface area contributed by atoms with Gasteiger partial charge in [0.1, 0.15) is 23.0 Å². The molecule has 3 rings (SSSR count). The van der Waals surface area contributed by atoms with Crippen LogP contribution < -0.4 is 5.32 Å². The average molecular weight is 335 g/mol. The van der Waals surface area contributed by atoms with Crippen LogP contribution in [-0.2, 0) is 0 Å². The molecular weight excluding hydrogens is 324 g/mol. The first-order valence-electron chi connectivity index (χ1n) is 6.61. The maximum Gasteiger partial charge on any atom is 0.262 e. The van der Waals surface area contributed by atoms with E-state index in [1.165, 1.54) is 0 Å². The van der Waals surface area contributed by atoms with Crippen molar-refractivity contribution in [3.63, 3.8) is 0 Å². The number of aromatic nitrogens is 2. The van der Waals surface area contributed by atoms with Crippen LogP contribution in [0, 0.1) is 25.5 Å². The molecule has 23 heavy (non-hydrogen) atoms. The lowest BCUT2D eigenvalue weighted by molar-refractivity contribution is 0.102. The van der Waals surface area contributed by atoms with Gasteiger partial charge >= 0.3 is 0 Å². The van der Waals surface area contributed by atoms with Gasteiger partial charge in [-0.3, -0.25) is 10.1 Å². The summed E-state index contributed by atoms with van der Waals surface area (Å²) in [5, 5.41) is 8.13. The summed E-state index contributed by atoms with van der Waals surface area (Å²) in [6.45, 7) is 3.28. The van der Waals surface area contributed by atoms with E-state index in [0.717, 1.165) is 29.5 Å². The van der Waals surface area contributed by atoms with E-state index < -0.39 is 17.5 Å². The van der Waals surface area contributed by atoms with Crippen molar-refractivity contribution >= 4 is 22.4 Å². The standard InChI is InChI=1S/C15H11F2N3O2S/c1-7-13(8(2)22-20-7)14(21)19-15-18-12(6-23-15)10-5-9(16)3-4-11(10)17/h3-6H,1-2H3,(H,18,19,21). The number of amides is 1. The van der Waals surface area contributed by atoms with Crippen LogP contribution in [-0.4, -0.2) is 16.0 Å². The monoisotopic (exact) mass is 335 g/mol. The normalized spacial score (nSPS) is 10.8. The zero-order valence-corrected chi connectivity index (χ0v) is 13.0. The summed E-state index contributed by atoms with van der Waals surface area (Å²) >= 11 is 1.11. The SMILES string of the molecule is Cc1noc(C)c1C(=O)Nc1nc(-c2cc(F)ccc2F)cs1. The van der Waals surface area contributed by atoms with E-state index in [-0.39, 0.29) is 16.4 Å². The van der Waals surface area contributed by atoms with Gasteiger partial charge in [0.2, 0.25) is 0 Å². The van der Waals surface area contributed by atoms with Crippen molar-refractivity contribution in [2.24, 2.45) is 0 Å². The Bertz CT molecular complexity index is 869. The van der Waals surface area contributed by atoms with Crippen LogP contribution in [0.5, 0.6) is 0 Å². The molecule has 0 unspecified atom stereocenters. The predicted octanol–water partition coefficient (Wildman–Crippen LogP) is 3.95. The third kappa shape index (κ3) is 2.98. The summed E-state index contributed by atoms with van der Waals surface area (Å²) in [4.78, 5) is 16.3. The van der Waals surface area contributed by atoms with E-state index in [4.69, 9.17) is 4.52 Å². The molecule has 0 aliphatic carbocycles. The molecule has 2 heterocycles. The third-order valence-corrected chi connectivity index (χ3v) is 3.95. The van der Waals surface area contributed by atoms with Crippen LogP contribution in [0.2, 0.25) is 0 Å². The van der Waals surface area contributed by atoms with Gasteiger partial charge in [0.15, 0.2) is 5.13 Å². The Kier molecular flexibility index (Phi) is 3.91. The second kappa shape index (κ2) is 5.88. The quantitative estimate of drug-likeness (QED) is 0.787. The van der Waals surface area contributed by atoms with Crippen LogP contribution in [0.25, 0.3) is 11.3 Å². The average Bonchev–Trinajstić information content (AvgIpc) is 3.08. The van der Waals surface area contributed by atoms with Gasteiger partial charge in [-0.1, -0.05) is 5.16 Å². The Hall–Kier alpha value is -2.61. The molecule has 0 saturated heterocycles. The molecular formula is C15H11F2N3O2S. The smallest absolute Gasteiger partial charge is 0.262 e. The van der Waals surface area contributed by atoms with Crippen molar-refractivity contribution in [2.75, 3.05) is 5.32 Å². The zero-order valence-electron chi connectivity index (χ0n) is 12.2. The molecule has 0 aliphatic rings. The van der Waals surface area contributed by atoms with Crippen LogP contribution in [0.3, 0.4) is 0 Å². The van der Waals surface area contributed by atoms with E-state index in [2.05, 4.69) is 15.5 Å². The van der Waals surface area contributed by atoms with Crippen LogP contribution >= 0.6 is 11.3 Å². The van der Waals surface area contributed by atoms with Crippen molar-refractivity contribution in [1.29, 1.82) is 0 Å². The van der Waals surface area contributed by atoms with Gasteiger partial charge in [0.25, 0.3) is 5.91 Å². The minimum atomic E-state index is -0.583. The molecule has 0 atom stereocenters. The molecule has 0 bridgehead atoms. The number of rotatable bonds is 3. The fourth-order valence-electron chi connectivity index (χ4n) is 2.12. The predicted molar refractivity (Wildman–Crippen MR) is 81.4 cm³/mol. The summed E-state index contributed by atoms with van der Waals surface area (Å²) in [7, 11) is 0. The van der Waals surface area contributed by atoms with Crippen molar-refractivity contribution in [3.8, 4) is 11.3 Å². The highest BCUT2D eigenvalue weighted by atomic mass is 32.1. The third-order valence-electron chi connectivity index (χ3n) is 3.19. The Morgan fingerprint density at radius 2 is 2.09 bits per heavy atom. The van der Waals surface area contributed by atoms with E-state index in [1.807, 2.05) is 0 Å². The number of aryl methyl sites for hydroxylation is 2. The van der Waals surface area contributed by atoms with Gasteiger partial charge in [-0.15, -0.1) is 11.3 Å². The maximum absolute atomic E-state index is 13.7. The Labute approximate surface area is 134 Å². The molecule has 8 heteroatoms. The highest BCUT2D eigenvalue weighted by Crippen LogP contribution is 2.28. The zero-order chi connectivity index (χ0) is 16.6. The Morgan fingerprint density at radius 3 is 2.78 bits per heavy atom. The lowest BCUT2D eigenvalue weighted by atomic mass is 10.1. The molecule has 0 aliphatic heterocycles. The Morgan fingerprint density at radius 1 is 1.30 bits per heavy atom. The maximum atomic E-state index is 13.7. The molecule has 0 saturated carbocycles. The number of hydrogen-bond acceptors (Lipinski definition) is 5. The topological polar surface area (TPSA) is 68.0 Å². The lowest BCUT2D eigenvalue weighted by Crippen LogP contribution is -2.13. The van der Waals surface area contributed by atoms with Crippen LogP contribution in [0.4, 0.5) is 13.9 Å². The second-order valence-electron chi connectivity index (χ2n) is 4.82. The van der Waals surface area contributed by atoms with E-state index in [0.29, 0.717) is 17.0 Å². The van der Waals surface area contributed by atoms with Crippen molar-refractivity contribution < 1.29 is 18.1 Å². The summed E-state index contributed by atoms with van der Waals surface area (Å²) in [6.07, 6.45) is 0. The highest BCUT2D eigenvalue weighted by molar-refractivity contribution is 7.14. The van der Waals surface area contributed by atoms with E-state index in [9.17, 15) is 13.6 Å². The molecule has 1 aromatic carbocycles. The molecule has 5 nitrogen and oxygen atoms in total. The molecule has 0 fully saturated rings. The second-order valence-corrected chi connectivity index (χ2v) is 5.67. The molecule has 1 N–H and O–H groups in total. The summed E-state index contributed by atoms with van der Waals surface area (Å²) < 4.78 is 31.9. The molecule has 3 aromatic rings. The molecule has 2 aromatic heterocycles. The van der Waals surface area contributed by atoms with Gasteiger partial charge in [0.05, 0.1) is 11.4 Å². The van der Waals surface area contributed by atoms with E-state index >= 15 is 0 Å². The van der Waals surface area contributed by atoms with Gasteiger partial charge < -0.3 is 4.52 Å². The lowest BCUT2D eigenvalue weighted by Gasteiger charge is -2.01. The summed E-state index contributed by atoms with van der Waals surface area (Å²) in [6, 6.07) is 3.13. The minimum absolute atomic E-state index is 0.0408. The van der Waals surface area contributed by atoms with Crippen molar-refractivity contribution in [1.82, 2.24) is 10.1 Å². The van der Waals surface area contributed by atoms with Gasteiger partial charge in [-0.05, 0) is 32.0 Å². The minimum Gasteiger partial charge on any atom is -0.361 e. The molecule has 118 valence electrons. The van der Waals surface area contributed by atoms with Gasteiger partial charge in [-0.25, -0.2) is 13.8 Å². The van der Waals surface area contributed by atoms with Gasteiger partial charge in [-0.2, -0.15) is 0 Å². The first-order chi connectivity index (χ1) is 11.0. The number of carbonyl (C=O) groups excluding carboxylic acids is 1. The fraction of sp³-hybridized carbons (Fsp3) is 0.133. The van der Waals surface area contributed by atoms with Crippen LogP contribution in [0.15, 0.2) is 28.1 Å². The van der Waals surface area contributed by atoms with Gasteiger partial charge in [0, 0.05) is 10.9 Å². The van der Waals surface area contributed by atoms with E-state index in [1.54, 1.807) is 19.2 Å². The number of nitrogens with zero attached hydrogens (tertiary/aromatic N) is 2. The number of nitrogens with one attached hydrogen (secondary N) is 1. The molecule has 1 amide bonds.